The first-order valence-corrected chi connectivity index (χ1v) is 8.18. The molecular formula is C13H16Cl2N2O3S. The van der Waals surface area contributed by atoms with Crippen LogP contribution in [0.15, 0.2) is 12.1 Å². The van der Waals surface area contributed by atoms with E-state index in [0.717, 1.165) is 5.75 Å². The highest BCUT2D eigenvalue weighted by Crippen LogP contribution is 2.32. The molecule has 1 aromatic carbocycles. The molecule has 1 unspecified atom stereocenters. The summed E-state index contributed by atoms with van der Waals surface area (Å²) in [6.45, 7) is 1.92. The van der Waals surface area contributed by atoms with Crippen LogP contribution < -0.4 is 5.32 Å². The second-order valence-corrected chi connectivity index (χ2v) is 6.19. The van der Waals surface area contributed by atoms with Gasteiger partial charge in [-0.15, -0.1) is 0 Å². The minimum atomic E-state index is -1.14. The lowest BCUT2D eigenvalue weighted by Crippen LogP contribution is -2.39. The fourth-order valence-electron chi connectivity index (χ4n) is 1.56. The summed E-state index contributed by atoms with van der Waals surface area (Å²) < 4.78 is 0. The number of carboxylic acid groups (broad SMARTS) is 1. The van der Waals surface area contributed by atoms with Gasteiger partial charge in [0.05, 0.1) is 21.3 Å². The predicted molar refractivity (Wildman–Crippen MR) is 88.0 cm³/mol. The molecule has 0 aliphatic rings. The Morgan fingerprint density at radius 3 is 2.33 bits per heavy atom. The summed E-state index contributed by atoms with van der Waals surface area (Å²) in [5.74, 6) is -0.342. The van der Waals surface area contributed by atoms with Gasteiger partial charge in [0.25, 0.3) is 0 Å². The number of benzene rings is 1. The molecule has 0 heterocycles. The third kappa shape index (κ3) is 4.69. The molecule has 1 rings (SSSR count). The highest BCUT2D eigenvalue weighted by atomic mass is 35.5. The number of hydrogen-bond acceptors (Lipinski definition) is 3. The second kappa shape index (κ2) is 7.77. The van der Waals surface area contributed by atoms with E-state index in [1.807, 2.05) is 13.2 Å². The van der Waals surface area contributed by atoms with Gasteiger partial charge in [-0.2, -0.15) is 11.8 Å². The number of amides is 2. The molecular weight excluding hydrogens is 335 g/mol. The number of carboxylic acids is 1. The Kier molecular flexibility index (Phi) is 6.64. The van der Waals surface area contributed by atoms with E-state index in [1.54, 1.807) is 18.8 Å². The van der Waals surface area contributed by atoms with Crippen molar-refractivity contribution in [3.63, 3.8) is 0 Å². The molecule has 21 heavy (non-hydrogen) atoms. The van der Waals surface area contributed by atoms with Crippen molar-refractivity contribution in [2.45, 2.75) is 13.0 Å². The molecule has 0 aliphatic carbocycles. The summed E-state index contributed by atoms with van der Waals surface area (Å²) in [6, 6.07) is 2.17. The smallest absolute Gasteiger partial charge is 0.335 e. The number of carbonyl (C=O) groups is 2. The van der Waals surface area contributed by atoms with E-state index < -0.39 is 5.97 Å². The van der Waals surface area contributed by atoms with Gasteiger partial charge in [-0.3, -0.25) is 0 Å². The Morgan fingerprint density at radius 1 is 1.38 bits per heavy atom. The highest BCUT2D eigenvalue weighted by Gasteiger charge is 2.19. The molecule has 1 atom stereocenters. The van der Waals surface area contributed by atoms with Gasteiger partial charge in [-0.05, 0) is 25.3 Å². The molecule has 0 bridgehead atoms. The maximum atomic E-state index is 12.1. The van der Waals surface area contributed by atoms with E-state index in [-0.39, 0.29) is 33.4 Å². The largest absolute Gasteiger partial charge is 0.478 e. The maximum Gasteiger partial charge on any atom is 0.335 e. The highest BCUT2D eigenvalue weighted by molar-refractivity contribution is 7.98. The lowest BCUT2D eigenvalue weighted by molar-refractivity contribution is 0.0697. The van der Waals surface area contributed by atoms with Crippen LogP contribution >= 0.6 is 35.0 Å². The van der Waals surface area contributed by atoms with Crippen LogP contribution in [0.4, 0.5) is 10.5 Å². The molecule has 5 nitrogen and oxygen atoms in total. The Labute approximate surface area is 137 Å². The van der Waals surface area contributed by atoms with Crippen molar-refractivity contribution in [1.82, 2.24) is 4.90 Å². The number of rotatable bonds is 5. The van der Waals surface area contributed by atoms with Crippen LogP contribution in [0.1, 0.15) is 17.3 Å². The van der Waals surface area contributed by atoms with E-state index >= 15 is 0 Å². The average Bonchev–Trinajstić information content (AvgIpc) is 2.41. The number of nitrogens with one attached hydrogen (secondary N) is 1. The molecule has 1 aromatic rings. The van der Waals surface area contributed by atoms with Gasteiger partial charge < -0.3 is 15.3 Å². The zero-order chi connectivity index (χ0) is 16.2. The van der Waals surface area contributed by atoms with Gasteiger partial charge in [0.2, 0.25) is 0 Å². The van der Waals surface area contributed by atoms with E-state index in [0.29, 0.717) is 0 Å². The first kappa shape index (κ1) is 17.9. The number of carbonyl (C=O) groups excluding carboxylic acids is 1. The van der Waals surface area contributed by atoms with Crippen molar-refractivity contribution in [3.8, 4) is 0 Å². The van der Waals surface area contributed by atoms with Gasteiger partial charge in [-0.25, -0.2) is 9.59 Å². The average molecular weight is 351 g/mol. The summed E-state index contributed by atoms with van der Waals surface area (Å²) in [7, 11) is 1.67. The number of halogens is 2. The molecule has 2 N–H and O–H groups in total. The number of thioether (sulfide) groups is 1. The van der Waals surface area contributed by atoms with Crippen LogP contribution in [0.2, 0.25) is 10.0 Å². The molecule has 0 saturated heterocycles. The quantitative estimate of drug-likeness (QED) is 0.844. The van der Waals surface area contributed by atoms with E-state index in [4.69, 9.17) is 28.3 Å². The van der Waals surface area contributed by atoms with Gasteiger partial charge in [-0.1, -0.05) is 23.2 Å². The van der Waals surface area contributed by atoms with Crippen LogP contribution in [0.25, 0.3) is 0 Å². The first-order chi connectivity index (χ1) is 9.77. The Balaban J connectivity index is 2.93. The van der Waals surface area contributed by atoms with Gasteiger partial charge in [0, 0.05) is 18.8 Å². The second-order valence-electron chi connectivity index (χ2n) is 4.47. The number of urea groups is 1. The topological polar surface area (TPSA) is 69.6 Å². The molecule has 0 saturated carbocycles. The van der Waals surface area contributed by atoms with E-state index in [2.05, 4.69) is 5.32 Å². The number of hydrogen-bond donors (Lipinski definition) is 2. The first-order valence-electron chi connectivity index (χ1n) is 6.03. The lowest BCUT2D eigenvalue weighted by atomic mass is 10.2. The molecule has 116 valence electrons. The van der Waals surface area contributed by atoms with Crippen molar-refractivity contribution < 1.29 is 14.7 Å². The van der Waals surface area contributed by atoms with Crippen LogP contribution in [0.5, 0.6) is 0 Å². The minimum absolute atomic E-state index is 0.0351. The summed E-state index contributed by atoms with van der Waals surface area (Å²) >= 11 is 13.6. The fourth-order valence-corrected chi connectivity index (χ4v) is 2.85. The number of aromatic carboxylic acids is 1. The lowest BCUT2D eigenvalue weighted by Gasteiger charge is -2.25. The number of anilines is 1. The van der Waals surface area contributed by atoms with Crippen LogP contribution in [-0.2, 0) is 0 Å². The van der Waals surface area contributed by atoms with Crippen molar-refractivity contribution in [2.24, 2.45) is 0 Å². The fraction of sp³-hybridized carbons (Fsp3) is 0.385. The standard InChI is InChI=1S/C13H16Cl2N2O3S/c1-7(6-21-3)17(2)13(20)16-11-9(14)4-8(12(18)19)5-10(11)15/h4-5,7H,6H2,1-3H3,(H,16,20)(H,18,19). The van der Waals surface area contributed by atoms with Gasteiger partial charge in [0.1, 0.15) is 0 Å². The molecule has 0 spiro atoms. The van der Waals surface area contributed by atoms with Crippen LogP contribution in [0.3, 0.4) is 0 Å². The third-order valence-corrected chi connectivity index (χ3v) is 4.32. The normalized spacial score (nSPS) is 11.9. The Morgan fingerprint density at radius 2 is 1.90 bits per heavy atom. The summed E-state index contributed by atoms with van der Waals surface area (Å²) in [5.41, 5.74) is 0.170. The SMILES string of the molecule is CSCC(C)N(C)C(=O)Nc1c(Cl)cc(C(=O)O)cc1Cl. The summed E-state index contributed by atoms with van der Waals surface area (Å²) in [4.78, 5) is 24.6. The van der Waals surface area contributed by atoms with Crippen LogP contribution in [-0.4, -0.2) is 47.1 Å². The van der Waals surface area contributed by atoms with Crippen LogP contribution in [0, 0.1) is 0 Å². The maximum absolute atomic E-state index is 12.1. The zero-order valence-electron chi connectivity index (χ0n) is 11.8. The molecule has 0 aliphatic heterocycles. The predicted octanol–water partition coefficient (Wildman–Crippen LogP) is 3.91. The van der Waals surface area contributed by atoms with Gasteiger partial charge in [0.15, 0.2) is 0 Å². The zero-order valence-corrected chi connectivity index (χ0v) is 14.1. The molecule has 8 heteroatoms. The Hall–Kier alpha value is -1.11. The molecule has 0 fully saturated rings. The third-order valence-electron chi connectivity index (χ3n) is 2.91. The molecule has 2 amide bonds. The molecule has 0 aromatic heterocycles. The summed E-state index contributed by atoms with van der Waals surface area (Å²) in [5, 5.41) is 11.7. The number of nitrogens with zero attached hydrogens (tertiary/aromatic N) is 1. The van der Waals surface area contributed by atoms with E-state index in [9.17, 15) is 9.59 Å². The van der Waals surface area contributed by atoms with Crippen molar-refractivity contribution in [3.05, 3.63) is 27.7 Å². The van der Waals surface area contributed by atoms with Crippen molar-refractivity contribution in [1.29, 1.82) is 0 Å². The monoisotopic (exact) mass is 350 g/mol. The van der Waals surface area contributed by atoms with E-state index in [1.165, 1.54) is 17.0 Å². The summed E-state index contributed by atoms with van der Waals surface area (Å²) in [6.07, 6.45) is 1.96. The van der Waals surface area contributed by atoms with Crippen molar-refractivity contribution >= 4 is 52.7 Å². The van der Waals surface area contributed by atoms with Crippen molar-refractivity contribution in [2.75, 3.05) is 24.4 Å². The Bertz CT molecular complexity index is 531. The minimum Gasteiger partial charge on any atom is -0.478 e. The van der Waals surface area contributed by atoms with Gasteiger partial charge >= 0.3 is 12.0 Å². The molecule has 0 radical (unpaired) electrons.